The number of aliphatic hydroxyl groups excluding tert-OH is 1. The second-order valence-corrected chi connectivity index (χ2v) is 6.49. The van der Waals surface area contributed by atoms with Gasteiger partial charge in [0.2, 0.25) is 0 Å². The van der Waals surface area contributed by atoms with Gasteiger partial charge in [0, 0.05) is 36.1 Å². The largest absolute Gasteiger partial charge is 0.493 e. The number of aliphatic hydroxyl groups is 1. The van der Waals surface area contributed by atoms with Crippen molar-refractivity contribution in [1.82, 2.24) is 14.4 Å². The molecule has 4 rings (SSSR count). The first-order chi connectivity index (χ1) is 12.2. The Kier molecular flexibility index (Phi) is 4.23. The molecule has 1 atom stereocenters. The van der Waals surface area contributed by atoms with Crippen molar-refractivity contribution < 1.29 is 9.84 Å². The highest BCUT2D eigenvalue weighted by molar-refractivity contribution is 6.31. The van der Waals surface area contributed by atoms with E-state index in [2.05, 4.69) is 14.9 Å². The fourth-order valence-corrected chi connectivity index (χ4v) is 3.42. The van der Waals surface area contributed by atoms with Gasteiger partial charge in [-0.25, -0.2) is 9.97 Å². The van der Waals surface area contributed by atoms with E-state index in [9.17, 15) is 5.11 Å². The number of imidazole rings is 1. The predicted molar refractivity (Wildman–Crippen MR) is 97.4 cm³/mol. The molecule has 0 amide bonds. The summed E-state index contributed by atoms with van der Waals surface area (Å²) in [5.41, 5.74) is 2.54. The Hall–Kier alpha value is -2.31. The molecule has 25 heavy (non-hydrogen) atoms. The number of ether oxygens (including phenoxy) is 1. The van der Waals surface area contributed by atoms with E-state index in [1.54, 1.807) is 12.4 Å². The molecule has 0 bridgehead atoms. The van der Waals surface area contributed by atoms with Crippen LogP contribution in [0, 0.1) is 0 Å². The Morgan fingerprint density at radius 3 is 3.00 bits per heavy atom. The number of halogens is 1. The molecule has 1 N–H and O–H groups in total. The Balaban J connectivity index is 1.84. The molecule has 1 fully saturated rings. The maximum atomic E-state index is 9.81. The van der Waals surface area contributed by atoms with Gasteiger partial charge in [-0.2, -0.15) is 0 Å². The number of anilines is 1. The van der Waals surface area contributed by atoms with E-state index in [4.69, 9.17) is 16.3 Å². The number of hydrogen-bond donors (Lipinski definition) is 1. The lowest BCUT2D eigenvalue weighted by Crippen LogP contribution is -2.23. The fourth-order valence-electron chi connectivity index (χ4n) is 3.25. The Morgan fingerprint density at radius 1 is 1.36 bits per heavy atom. The van der Waals surface area contributed by atoms with Gasteiger partial charge < -0.3 is 14.7 Å². The second kappa shape index (κ2) is 6.54. The molecular formula is C18H19ClN4O2. The van der Waals surface area contributed by atoms with Crippen LogP contribution in [0.2, 0.25) is 5.02 Å². The van der Waals surface area contributed by atoms with E-state index in [1.165, 1.54) is 0 Å². The molecule has 1 aromatic carbocycles. The number of benzene rings is 1. The van der Waals surface area contributed by atoms with Gasteiger partial charge in [-0.05, 0) is 31.5 Å². The van der Waals surface area contributed by atoms with Gasteiger partial charge in [-0.15, -0.1) is 0 Å². The summed E-state index contributed by atoms with van der Waals surface area (Å²) >= 11 is 6.20. The third kappa shape index (κ3) is 2.92. The van der Waals surface area contributed by atoms with E-state index >= 15 is 0 Å². The monoisotopic (exact) mass is 358 g/mol. The summed E-state index contributed by atoms with van der Waals surface area (Å²) < 4.78 is 7.74. The number of nitrogens with zero attached hydrogens (tertiary/aromatic N) is 4. The van der Waals surface area contributed by atoms with Crippen molar-refractivity contribution in [3.8, 4) is 17.0 Å². The van der Waals surface area contributed by atoms with E-state index in [0.717, 1.165) is 41.4 Å². The summed E-state index contributed by atoms with van der Waals surface area (Å²) in [7, 11) is 0. The zero-order valence-electron chi connectivity index (χ0n) is 13.9. The van der Waals surface area contributed by atoms with Gasteiger partial charge in [0.25, 0.3) is 0 Å². The van der Waals surface area contributed by atoms with Gasteiger partial charge in [0.1, 0.15) is 5.75 Å². The lowest BCUT2D eigenvalue weighted by molar-refractivity contribution is 0.198. The lowest BCUT2D eigenvalue weighted by atomic mass is 10.1. The second-order valence-electron chi connectivity index (χ2n) is 6.05. The van der Waals surface area contributed by atoms with Crippen LogP contribution in [0.5, 0.6) is 5.75 Å². The minimum Gasteiger partial charge on any atom is -0.493 e. The Morgan fingerprint density at radius 2 is 2.24 bits per heavy atom. The first-order valence-electron chi connectivity index (χ1n) is 8.35. The molecule has 7 heteroatoms. The van der Waals surface area contributed by atoms with Crippen LogP contribution >= 0.6 is 11.6 Å². The average Bonchev–Trinajstić information content (AvgIpc) is 3.22. The van der Waals surface area contributed by atoms with Crippen molar-refractivity contribution in [1.29, 1.82) is 0 Å². The van der Waals surface area contributed by atoms with Crippen LogP contribution in [-0.4, -0.2) is 45.3 Å². The predicted octanol–water partition coefficient (Wildman–Crippen LogP) is 3.02. The summed E-state index contributed by atoms with van der Waals surface area (Å²) in [4.78, 5) is 11.1. The topological polar surface area (TPSA) is 62.9 Å². The van der Waals surface area contributed by atoms with Gasteiger partial charge in [-0.1, -0.05) is 11.6 Å². The third-order valence-corrected chi connectivity index (χ3v) is 4.62. The van der Waals surface area contributed by atoms with Crippen molar-refractivity contribution >= 4 is 23.1 Å². The molecular weight excluding hydrogens is 340 g/mol. The van der Waals surface area contributed by atoms with Crippen molar-refractivity contribution in [3.63, 3.8) is 0 Å². The molecule has 3 aromatic rings. The van der Waals surface area contributed by atoms with E-state index < -0.39 is 0 Å². The van der Waals surface area contributed by atoms with Crippen LogP contribution in [0.3, 0.4) is 0 Å². The van der Waals surface area contributed by atoms with Gasteiger partial charge in [-0.3, -0.25) is 4.40 Å². The molecule has 2 aromatic heterocycles. The molecule has 0 radical (unpaired) electrons. The summed E-state index contributed by atoms with van der Waals surface area (Å²) in [6, 6.07) is 5.58. The molecule has 1 aliphatic rings. The molecule has 1 aliphatic heterocycles. The molecule has 1 saturated heterocycles. The molecule has 1 unspecified atom stereocenters. The van der Waals surface area contributed by atoms with E-state index in [0.29, 0.717) is 18.2 Å². The molecule has 3 heterocycles. The van der Waals surface area contributed by atoms with Gasteiger partial charge in [0.15, 0.2) is 11.5 Å². The normalized spacial score (nSPS) is 17.4. The number of hydrogen-bond acceptors (Lipinski definition) is 5. The highest BCUT2D eigenvalue weighted by Crippen LogP contribution is 2.34. The summed E-state index contributed by atoms with van der Waals surface area (Å²) in [6.45, 7) is 3.88. The van der Waals surface area contributed by atoms with Gasteiger partial charge >= 0.3 is 0 Å². The van der Waals surface area contributed by atoms with Crippen LogP contribution in [0.4, 0.5) is 5.82 Å². The summed E-state index contributed by atoms with van der Waals surface area (Å²) in [6.07, 6.45) is 5.88. The Labute approximate surface area is 150 Å². The summed E-state index contributed by atoms with van der Waals surface area (Å²) in [5.74, 6) is 1.55. The number of aromatic nitrogens is 3. The van der Waals surface area contributed by atoms with Gasteiger partial charge in [0.05, 0.1) is 24.6 Å². The molecule has 0 spiro atoms. The Bertz CT molecular complexity index is 911. The van der Waals surface area contributed by atoms with Crippen molar-refractivity contribution in [2.75, 3.05) is 24.6 Å². The third-order valence-electron chi connectivity index (χ3n) is 4.39. The van der Waals surface area contributed by atoms with Crippen molar-refractivity contribution in [2.24, 2.45) is 0 Å². The molecule has 0 aliphatic carbocycles. The molecule has 130 valence electrons. The average molecular weight is 359 g/mol. The number of rotatable bonds is 4. The zero-order valence-corrected chi connectivity index (χ0v) is 14.6. The summed E-state index contributed by atoms with van der Waals surface area (Å²) in [5, 5.41) is 10.5. The van der Waals surface area contributed by atoms with Crippen LogP contribution in [0.25, 0.3) is 16.9 Å². The fraction of sp³-hybridized carbons (Fsp3) is 0.333. The standard InChI is InChI=1S/C18H19ClN4O2/c1-2-25-16-4-3-12(19)9-14(16)15-10-21-18-17(20-6-8-23(15)18)22-7-5-13(24)11-22/h3-4,6,8-10,13,24H,2,5,7,11H2,1H3. The van der Waals surface area contributed by atoms with E-state index in [-0.39, 0.29) is 6.10 Å². The first-order valence-corrected chi connectivity index (χ1v) is 8.73. The minimum atomic E-state index is -0.311. The highest BCUT2D eigenvalue weighted by Gasteiger charge is 2.24. The lowest BCUT2D eigenvalue weighted by Gasteiger charge is -2.17. The SMILES string of the molecule is CCOc1ccc(Cl)cc1-c1cnc2c(N3CCC(O)C3)nccn12. The molecule has 6 nitrogen and oxygen atoms in total. The van der Waals surface area contributed by atoms with Crippen molar-refractivity contribution in [2.45, 2.75) is 19.4 Å². The maximum Gasteiger partial charge on any atom is 0.180 e. The van der Waals surface area contributed by atoms with Crippen LogP contribution in [-0.2, 0) is 0 Å². The highest BCUT2D eigenvalue weighted by atomic mass is 35.5. The minimum absolute atomic E-state index is 0.311. The smallest absolute Gasteiger partial charge is 0.180 e. The van der Waals surface area contributed by atoms with Crippen LogP contribution < -0.4 is 9.64 Å². The molecule has 0 saturated carbocycles. The maximum absolute atomic E-state index is 9.81. The first kappa shape index (κ1) is 16.2. The van der Waals surface area contributed by atoms with Crippen LogP contribution in [0.15, 0.2) is 36.8 Å². The van der Waals surface area contributed by atoms with Crippen molar-refractivity contribution in [3.05, 3.63) is 41.8 Å². The van der Waals surface area contributed by atoms with Crippen LogP contribution in [0.1, 0.15) is 13.3 Å². The number of β-amino-alcohol motifs (C(OH)–C–C–N with tert-alkyl or cyclic N) is 1. The number of fused-ring (bicyclic) bond motifs is 1. The zero-order chi connectivity index (χ0) is 17.4. The van der Waals surface area contributed by atoms with E-state index in [1.807, 2.05) is 35.7 Å². The quantitative estimate of drug-likeness (QED) is 0.776.